The number of aromatic hydroxyl groups is 1. The van der Waals surface area contributed by atoms with Crippen LogP contribution in [-0.2, 0) is 7.05 Å². The van der Waals surface area contributed by atoms with Crippen molar-refractivity contribution in [2.45, 2.75) is 6.10 Å². The summed E-state index contributed by atoms with van der Waals surface area (Å²) in [6.45, 7) is -2.76. The zero-order chi connectivity index (χ0) is 27.4. The molecule has 0 bridgehead atoms. The van der Waals surface area contributed by atoms with Crippen molar-refractivity contribution in [1.82, 2.24) is 14.5 Å². The van der Waals surface area contributed by atoms with Gasteiger partial charge in [-0.2, -0.15) is 13.8 Å². The van der Waals surface area contributed by atoms with Crippen LogP contribution in [0.3, 0.4) is 0 Å². The average molecular weight is 531 g/mol. The maximum atomic E-state index is 15.3. The number of halogens is 4. The molecular formula is C25H21F4N5O4. The summed E-state index contributed by atoms with van der Waals surface area (Å²) in [5, 5.41) is 17.7. The molecule has 0 fully saturated rings. The molecule has 13 heteroatoms. The van der Waals surface area contributed by atoms with Gasteiger partial charge < -0.3 is 29.6 Å². The summed E-state index contributed by atoms with van der Waals surface area (Å²) in [5.74, 6) is -6.63. The maximum Gasteiger partial charge on any atom is 0.263 e. The minimum atomic E-state index is -1.82. The van der Waals surface area contributed by atoms with Gasteiger partial charge in [0.05, 0.1) is 0 Å². The Balaban J connectivity index is 1.78. The number of nitrogens with one attached hydrogen (secondary N) is 1. The quantitative estimate of drug-likeness (QED) is 0.149. The topological polar surface area (TPSA) is 128 Å². The van der Waals surface area contributed by atoms with Crippen LogP contribution in [0.1, 0.15) is 5.56 Å². The molecule has 9 nitrogen and oxygen atoms in total. The lowest BCUT2D eigenvalue weighted by atomic mass is 10.2. The van der Waals surface area contributed by atoms with Gasteiger partial charge in [-0.3, -0.25) is 5.41 Å². The Morgan fingerprint density at radius 3 is 2.42 bits per heavy atom. The van der Waals surface area contributed by atoms with Crippen LogP contribution in [0.4, 0.5) is 17.6 Å². The summed E-state index contributed by atoms with van der Waals surface area (Å²) in [4.78, 5) is 7.96. The van der Waals surface area contributed by atoms with Crippen LogP contribution in [0.2, 0.25) is 0 Å². The largest absolute Gasteiger partial charge is 0.504 e. The number of phenols is 1. The van der Waals surface area contributed by atoms with Gasteiger partial charge in [-0.25, -0.2) is 13.8 Å². The maximum absolute atomic E-state index is 15.3. The fourth-order valence-electron chi connectivity index (χ4n) is 3.31. The monoisotopic (exact) mass is 531 g/mol. The highest BCUT2D eigenvalue weighted by Crippen LogP contribution is 2.40. The molecule has 0 amide bonds. The van der Waals surface area contributed by atoms with Crippen molar-refractivity contribution in [2.75, 3.05) is 13.3 Å². The Labute approximate surface area is 213 Å². The molecular weight excluding hydrogens is 510 g/mol. The Kier molecular flexibility index (Phi) is 7.65. The van der Waals surface area contributed by atoms with E-state index in [0.29, 0.717) is 11.4 Å². The van der Waals surface area contributed by atoms with Gasteiger partial charge in [-0.05, 0) is 30.3 Å². The predicted octanol–water partition coefficient (Wildman–Crippen LogP) is 5.02. The molecule has 0 saturated heterocycles. The number of nitrogens with two attached hydrogens (primary N) is 1. The number of amidine groups is 1. The summed E-state index contributed by atoms with van der Waals surface area (Å²) >= 11 is 0. The van der Waals surface area contributed by atoms with E-state index in [0.717, 1.165) is 12.1 Å². The third-order valence-corrected chi connectivity index (χ3v) is 5.21. The molecule has 4 aromatic rings. The van der Waals surface area contributed by atoms with E-state index < -0.39 is 60.1 Å². The first-order valence-corrected chi connectivity index (χ1v) is 11.0. The Bertz CT molecular complexity index is 1480. The molecule has 0 spiro atoms. The number of hydrogen-bond donors (Lipinski definition) is 3. The molecule has 4 rings (SSSR count). The van der Waals surface area contributed by atoms with Gasteiger partial charge in [-0.1, -0.05) is 12.1 Å². The lowest BCUT2D eigenvalue weighted by molar-refractivity contribution is 0.120. The van der Waals surface area contributed by atoms with Gasteiger partial charge in [0, 0.05) is 30.6 Å². The number of nitrogen functional groups attached to an aromatic ring is 1. The summed E-state index contributed by atoms with van der Waals surface area (Å²) in [7, 11) is 1.77. The number of pyridine rings is 1. The zero-order valence-electron chi connectivity index (χ0n) is 19.8. The predicted molar refractivity (Wildman–Crippen MR) is 128 cm³/mol. The van der Waals surface area contributed by atoms with Gasteiger partial charge in [0.2, 0.25) is 17.4 Å². The molecule has 198 valence electrons. The minimum absolute atomic E-state index is 0.0642. The minimum Gasteiger partial charge on any atom is -0.504 e. The van der Waals surface area contributed by atoms with E-state index in [1.807, 2.05) is 0 Å². The van der Waals surface area contributed by atoms with Crippen LogP contribution in [0, 0.1) is 17.0 Å². The number of alkyl halides is 2. The lowest BCUT2D eigenvalue weighted by Crippen LogP contribution is -2.22. The Morgan fingerprint density at radius 1 is 1.08 bits per heavy atom. The third kappa shape index (κ3) is 5.45. The molecule has 4 N–H and O–H groups in total. The van der Waals surface area contributed by atoms with E-state index in [9.17, 15) is 13.9 Å². The second-order valence-corrected chi connectivity index (χ2v) is 7.92. The Hall–Kier alpha value is -4.81. The molecule has 0 aliphatic carbocycles. The fourth-order valence-corrected chi connectivity index (χ4v) is 3.31. The highest BCUT2D eigenvalue weighted by molar-refractivity contribution is 5.95. The van der Waals surface area contributed by atoms with Crippen LogP contribution >= 0.6 is 0 Å². The summed E-state index contributed by atoms with van der Waals surface area (Å²) in [6.07, 6.45) is 1.49. The molecule has 0 atom stereocenters. The molecule has 0 aliphatic rings. The third-order valence-electron chi connectivity index (χ3n) is 5.21. The number of nitrogens with zero attached hydrogens (tertiary/aromatic N) is 3. The first kappa shape index (κ1) is 26.3. The highest BCUT2D eigenvalue weighted by atomic mass is 19.1. The van der Waals surface area contributed by atoms with Crippen molar-refractivity contribution < 1.29 is 36.9 Å². The van der Waals surface area contributed by atoms with E-state index in [1.54, 1.807) is 36.1 Å². The van der Waals surface area contributed by atoms with Gasteiger partial charge in [0.25, 0.3) is 11.8 Å². The van der Waals surface area contributed by atoms with Crippen molar-refractivity contribution in [2.24, 2.45) is 12.8 Å². The second-order valence-electron chi connectivity index (χ2n) is 7.92. The van der Waals surface area contributed by atoms with Crippen LogP contribution in [-0.4, -0.2) is 44.9 Å². The molecule has 0 unspecified atom stereocenters. The molecule has 2 aromatic heterocycles. The molecule has 0 saturated carbocycles. The van der Waals surface area contributed by atoms with Gasteiger partial charge in [-0.15, -0.1) is 0 Å². The molecule has 0 radical (unpaired) electrons. The smallest absolute Gasteiger partial charge is 0.263 e. The highest BCUT2D eigenvalue weighted by Gasteiger charge is 2.28. The Morgan fingerprint density at radius 2 is 1.79 bits per heavy atom. The van der Waals surface area contributed by atoms with Crippen molar-refractivity contribution in [1.29, 1.82) is 5.41 Å². The summed E-state index contributed by atoms with van der Waals surface area (Å²) in [5.41, 5.74) is 6.16. The summed E-state index contributed by atoms with van der Waals surface area (Å²) in [6, 6.07) is 9.87. The zero-order valence-corrected chi connectivity index (χ0v) is 19.8. The standard InChI is InChI=1S/C25H21F4N5O4/c1-34-8-7-32-23(34)14-3-2-4-15(9-14)37-24-19(28)21(36-16(11-26)12-27)20(29)25(33-24)38-18-10-13(22(30)31)5-6-17(18)35/h2-10,16,35H,11-12H2,1H3,(H3,30,31). The first-order valence-electron chi connectivity index (χ1n) is 11.0. The van der Waals surface area contributed by atoms with Crippen LogP contribution in [0.5, 0.6) is 34.8 Å². The number of phenolic OH excluding ortho intramolecular Hbond substituents is 1. The number of aryl methyl sites for hydroxylation is 1. The number of hydrogen-bond acceptors (Lipinski definition) is 7. The fraction of sp³-hybridized carbons (Fsp3) is 0.160. The van der Waals surface area contributed by atoms with Crippen molar-refractivity contribution in [3.8, 4) is 46.1 Å². The number of aromatic nitrogens is 3. The molecule has 2 heterocycles. The SMILES string of the molecule is Cn1ccnc1-c1cccc(Oc2nc(Oc3cc(C(=N)N)ccc3O)c(F)c(OC(CF)CF)c2F)c1. The van der Waals surface area contributed by atoms with E-state index in [4.69, 9.17) is 25.4 Å². The second kappa shape index (κ2) is 11.1. The van der Waals surface area contributed by atoms with Crippen LogP contribution in [0.15, 0.2) is 54.9 Å². The summed E-state index contributed by atoms with van der Waals surface area (Å²) < 4.78 is 74.3. The van der Waals surface area contributed by atoms with E-state index in [-0.39, 0.29) is 17.1 Å². The van der Waals surface area contributed by atoms with Crippen molar-refractivity contribution in [3.63, 3.8) is 0 Å². The van der Waals surface area contributed by atoms with Crippen LogP contribution < -0.4 is 19.9 Å². The number of rotatable bonds is 10. The van der Waals surface area contributed by atoms with Gasteiger partial charge in [0.1, 0.15) is 30.8 Å². The van der Waals surface area contributed by atoms with E-state index in [2.05, 4.69) is 9.97 Å². The molecule has 38 heavy (non-hydrogen) atoms. The number of benzene rings is 2. The van der Waals surface area contributed by atoms with Gasteiger partial charge >= 0.3 is 0 Å². The lowest BCUT2D eigenvalue weighted by Gasteiger charge is -2.18. The molecule has 0 aliphatic heterocycles. The van der Waals surface area contributed by atoms with E-state index >= 15 is 8.78 Å². The van der Waals surface area contributed by atoms with Crippen LogP contribution in [0.25, 0.3) is 11.4 Å². The average Bonchev–Trinajstić information content (AvgIpc) is 3.34. The van der Waals surface area contributed by atoms with Gasteiger partial charge in [0.15, 0.2) is 17.6 Å². The van der Waals surface area contributed by atoms with E-state index in [1.165, 1.54) is 18.2 Å². The normalized spacial score (nSPS) is 11.0. The first-order chi connectivity index (χ1) is 18.2. The number of imidazole rings is 1. The van der Waals surface area contributed by atoms with Crippen molar-refractivity contribution in [3.05, 3.63) is 72.1 Å². The molecule has 2 aromatic carbocycles. The van der Waals surface area contributed by atoms with Crippen molar-refractivity contribution >= 4 is 5.84 Å². The number of ether oxygens (including phenoxy) is 3.